The lowest BCUT2D eigenvalue weighted by atomic mass is 9.87. The summed E-state index contributed by atoms with van der Waals surface area (Å²) in [5.41, 5.74) is -0.672. The van der Waals surface area contributed by atoms with Crippen LogP contribution in [0.2, 0.25) is 0 Å². The summed E-state index contributed by atoms with van der Waals surface area (Å²) in [5.74, 6) is -0.559. The lowest BCUT2D eigenvalue weighted by Crippen LogP contribution is -2.50. The third kappa shape index (κ3) is 12.4. The number of carbonyl (C=O) groups excluding carboxylic acids is 4. The molecule has 0 aromatic rings. The molecule has 0 heterocycles. The maximum absolute atomic E-state index is 12.7. The van der Waals surface area contributed by atoms with E-state index in [1.807, 2.05) is 13.8 Å². The van der Waals surface area contributed by atoms with Crippen molar-refractivity contribution in [2.75, 3.05) is 39.3 Å². The van der Waals surface area contributed by atoms with E-state index in [0.29, 0.717) is 12.3 Å². The Labute approximate surface area is 184 Å². The standard InChI is InChI=1S/C18H34N3O7PS/c1-12(17(25)26-5)21-11-27-15(18(3,4)10-28-29)16(24)20-7-6-14(23)19-8-9-30-13(2)22/h12,15,21H,6-11,29H2,1-5H3,(H,19,23)(H,20,24)/t12-,15-/m0/s1. The van der Waals surface area contributed by atoms with Crippen molar-refractivity contribution in [2.24, 2.45) is 5.41 Å². The molecule has 0 spiro atoms. The summed E-state index contributed by atoms with van der Waals surface area (Å²) < 4.78 is 15.4. The second kappa shape index (κ2) is 15.5. The minimum atomic E-state index is -0.884. The van der Waals surface area contributed by atoms with Gasteiger partial charge in [-0.1, -0.05) is 25.6 Å². The minimum absolute atomic E-state index is 0.00454. The van der Waals surface area contributed by atoms with Crippen LogP contribution in [0.5, 0.6) is 0 Å². The summed E-state index contributed by atoms with van der Waals surface area (Å²) in [5, 5.41) is 8.20. The molecule has 2 amide bonds. The zero-order valence-electron chi connectivity index (χ0n) is 18.2. The fourth-order valence-electron chi connectivity index (χ4n) is 2.33. The van der Waals surface area contributed by atoms with Crippen LogP contribution in [0.1, 0.15) is 34.1 Å². The Bertz CT molecular complexity index is 578. The maximum Gasteiger partial charge on any atom is 0.322 e. The van der Waals surface area contributed by atoms with E-state index in [0.717, 1.165) is 11.8 Å². The SMILES string of the molecule is COC(=O)[C@H](C)NCO[C@@H](C(=O)NCCC(=O)NCCSC(C)=O)C(C)(C)COP. The molecule has 0 rings (SSSR count). The monoisotopic (exact) mass is 467 g/mol. The van der Waals surface area contributed by atoms with Gasteiger partial charge in [0.2, 0.25) is 11.8 Å². The second-order valence-corrected chi connectivity index (χ2v) is 8.78. The van der Waals surface area contributed by atoms with E-state index in [-0.39, 0.29) is 37.3 Å². The average Bonchev–Trinajstić information content (AvgIpc) is 2.67. The summed E-state index contributed by atoms with van der Waals surface area (Å²) in [7, 11) is 3.42. The first kappa shape index (κ1) is 28.7. The van der Waals surface area contributed by atoms with Gasteiger partial charge >= 0.3 is 5.97 Å². The number of nitrogens with one attached hydrogen (secondary N) is 3. The van der Waals surface area contributed by atoms with Crippen LogP contribution < -0.4 is 16.0 Å². The fourth-order valence-corrected chi connectivity index (χ4v) is 3.25. The molecule has 0 saturated heterocycles. The van der Waals surface area contributed by atoms with E-state index in [2.05, 4.69) is 30.2 Å². The first-order valence-corrected chi connectivity index (χ1v) is 10.9. The Balaban J connectivity index is 4.58. The highest BCUT2D eigenvalue weighted by Crippen LogP contribution is 2.25. The molecule has 0 aromatic heterocycles. The van der Waals surface area contributed by atoms with E-state index in [4.69, 9.17) is 9.26 Å². The van der Waals surface area contributed by atoms with Crippen LogP contribution in [0, 0.1) is 5.41 Å². The summed E-state index contributed by atoms with van der Waals surface area (Å²) in [6, 6.07) is -0.593. The Kier molecular flexibility index (Phi) is 14.9. The van der Waals surface area contributed by atoms with Crippen LogP contribution in [0.3, 0.4) is 0 Å². The molecule has 0 aliphatic rings. The van der Waals surface area contributed by atoms with Crippen molar-refractivity contribution in [3.05, 3.63) is 0 Å². The second-order valence-electron chi connectivity index (χ2n) is 7.17. The van der Waals surface area contributed by atoms with Gasteiger partial charge in [-0.3, -0.25) is 24.5 Å². The van der Waals surface area contributed by atoms with Gasteiger partial charge in [-0.15, -0.1) is 0 Å². The number of carbonyl (C=O) groups is 4. The Morgan fingerprint density at radius 3 is 2.37 bits per heavy atom. The number of hydrogen-bond acceptors (Lipinski definition) is 9. The van der Waals surface area contributed by atoms with Crippen molar-refractivity contribution in [3.63, 3.8) is 0 Å². The van der Waals surface area contributed by atoms with Crippen LogP contribution in [0.25, 0.3) is 0 Å². The predicted octanol–water partition coefficient (Wildman–Crippen LogP) is 0.215. The fraction of sp³-hybridized carbons (Fsp3) is 0.778. The van der Waals surface area contributed by atoms with Crippen molar-refractivity contribution >= 4 is 44.1 Å². The molecule has 174 valence electrons. The van der Waals surface area contributed by atoms with Crippen LogP contribution in [-0.2, 0) is 33.2 Å². The van der Waals surface area contributed by atoms with Gasteiger partial charge in [0.1, 0.15) is 12.1 Å². The van der Waals surface area contributed by atoms with Gasteiger partial charge < -0.3 is 24.6 Å². The Hall–Kier alpha value is -1.26. The number of ether oxygens (including phenoxy) is 2. The molecule has 10 nitrogen and oxygen atoms in total. The molecule has 0 saturated carbocycles. The Morgan fingerprint density at radius 2 is 1.80 bits per heavy atom. The number of rotatable bonds is 15. The van der Waals surface area contributed by atoms with E-state index < -0.39 is 29.4 Å². The minimum Gasteiger partial charge on any atom is -0.468 e. The van der Waals surface area contributed by atoms with Crippen molar-refractivity contribution in [1.29, 1.82) is 0 Å². The van der Waals surface area contributed by atoms with Gasteiger partial charge in [-0.05, 0) is 6.92 Å². The third-order valence-electron chi connectivity index (χ3n) is 3.98. The zero-order chi connectivity index (χ0) is 23.2. The van der Waals surface area contributed by atoms with Crippen LogP contribution in [0.4, 0.5) is 0 Å². The van der Waals surface area contributed by atoms with Crippen molar-refractivity contribution in [3.8, 4) is 0 Å². The highest BCUT2D eigenvalue weighted by Gasteiger charge is 2.36. The van der Waals surface area contributed by atoms with Gasteiger partial charge in [0.05, 0.1) is 20.4 Å². The van der Waals surface area contributed by atoms with Crippen LogP contribution in [-0.4, -0.2) is 74.3 Å². The average molecular weight is 468 g/mol. The van der Waals surface area contributed by atoms with Crippen molar-refractivity contribution in [2.45, 2.75) is 46.3 Å². The highest BCUT2D eigenvalue weighted by atomic mass is 32.2. The van der Waals surface area contributed by atoms with Crippen molar-refractivity contribution in [1.82, 2.24) is 16.0 Å². The summed E-state index contributed by atoms with van der Waals surface area (Å²) in [6.07, 6.45) is -0.785. The first-order valence-electron chi connectivity index (χ1n) is 9.47. The molecular formula is C18H34N3O7PS. The van der Waals surface area contributed by atoms with Crippen molar-refractivity contribution < 1.29 is 33.2 Å². The molecule has 3 atom stereocenters. The molecule has 0 aliphatic carbocycles. The molecule has 0 aromatic carbocycles. The summed E-state index contributed by atoms with van der Waals surface area (Å²) >= 11 is 1.14. The number of methoxy groups -OCH3 is 1. The molecule has 0 aliphatic heterocycles. The number of amides is 2. The van der Waals surface area contributed by atoms with Gasteiger partial charge in [-0.2, -0.15) is 0 Å². The lowest BCUT2D eigenvalue weighted by Gasteiger charge is -2.32. The Morgan fingerprint density at radius 1 is 1.13 bits per heavy atom. The molecule has 30 heavy (non-hydrogen) atoms. The summed E-state index contributed by atoms with van der Waals surface area (Å²) in [4.78, 5) is 46.8. The molecule has 3 N–H and O–H groups in total. The molecule has 0 fully saturated rings. The van der Waals surface area contributed by atoms with E-state index in [1.54, 1.807) is 6.92 Å². The smallest absolute Gasteiger partial charge is 0.322 e. The largest absolute Gasteiger partial charge is 0.468 e. The predicted molar refractivity (Wildman–Crippen MR) is 118 cm³/mol. The van der Waals surface area contributed by atoms with E-state index in [1.165, 1.54) is 14.0 Å². The highest BCUT2D eigenvalue weighted by molar-refractivity contribution is 8.13. The lowest BCUT2D eigenvalue weighted by molar-refractivity contribution is -0.147. The van der Waals surface area contributed by atoms with Gasteiger partial charge in [-0.25, -0.2) is 0 Å². The quantitative estimate of drug-likeness (QED) is 0.134. The zero-order valence-corrected chi connectivity index (χ0v) is 20.2. The molecule has 0 bridgehead atoms. The summed E-state index contributed by atoms with van der Waals surface area (Å²) in [6.45, 7) is 7.40. The first-order chi connectivity index (χ1) is 14.0. The maximum atomic E-state index is 12.7. The topological polar surface area (TPSA) is 132 Å². The van der Waals surface area contributed by atoms with E-state index in [9.17, 15) is 19.2 Å². The van der Waals surface area contributed by atoms with Gasteiger partial charge in [0.25, 0.3) is 0 Å². The third-order valence-corrected chi connectivity index (χ3v) is 4.96. The number of esters is 1. The normalized spacial score (nSPS) is 13.3. The molecule has 0 radical (unpaired) electrons. The molecular weight excluding hydrogens is 433 g/mol. The van der Waals surface area contributed by atoms with Gasteiger partial charge in [0.15, 0.2) is 5.12 Å². The van der Waals surface area contributed by atoms with Crippen LogP contribution in [0.15, 0.2) is 0 Å². The van der Waals surface area contributed by atoms with Crippen LogP contribution >= 0.6 is 21.2 Å². The molecule has 1 unspecified atom stereocenters. The van der Waals surface area contributed by atoms with E-state index >= 15 is 0 Å². The number of hydrogen-bond donors (Lipinski definition) is 3. The molecule has 12 heteroatoms. The van der Waals surface area contributed by atoms with Gasteiger partial charge in [0, 0.05) is 47.1 Å². The number of thioether (sulfide) groups is 1.